The molecular weight excluding hydrogens is 411 g/mol. The number of esters is 1. The van der Waals surface area contributed by atoms with Crippen molar-refractivity contribution in [3.63, 3.8) is 0 Å². The van der Waals surface area contributed by atoms with Gasteiger partial charge in [0.2, 0.25) is 0 Å². The number of hydrogen-bond acceptors (Lipinski definition) is 5. The summed E-state index contributed by atoms with van der Waals surface area (Å²) in [6.45, 7) is 0. The number of pyridine rings is 1. The summed E-state index contributed by atoms with van der Waals surface area (Å²) in [5, 5.41) is 2.86. The highest BCUT2D eigenvalue weighted by molar-refractivity contribution is 7.13. The van der Waals surface area contributed by atoms with Gasteiger partial charge in [-0.3, -0.25) is 4.98 Å². The predicted octanol–water partition coefficient (Wildman–Crippen LogP) is 5.94. The summed E-state index contributed by atoms with van der Waals surface area (Å²) in [5.74, 6) is -1.04. The predicted molar refractivity (Wildman–Crippen MR) is 110 cm³/mol. The molecule has 0 bridgehead atoms. The molecule has 0 amide bonds. The molecule has 7 heteroatoms. The Morgan fingerprint density at radius 1 is 1.07 bits per heavy atom. The third-order valence-corrected chi connectivity index (χ3v) is 5.24. The van der Waals surface area contributed by atoms with Crippen LogP contribution in [0.2, 0.25) is 5.02 Å². The van der Waals surface area contributed by atoms with Crippen LogP contribution in [0.5, 0.6) is 0 Å². The quantitative estimate of drug-likeness (QED) is 0.372. The van der Waals surface area contributed by atoms with Gasteiger partial charge in [0.05, 0.1) is 5.69 Å². The van der Waals surface area contributed by atoms with Crippen molar-refractivity contribution in [2.75, 3.05) is 0 Å². The number of carbonyl (C=O) groups is 1. The molecule has 0 N–H and O–H groups in total. The fourth-order valence-electron chi connectivity index (χ4n) is 2.79. The van der Waals surface area contributed by atoms with Crippen LogP contribution in [0.3, 0.4) is 0 Å². The van der Waals surface area contributed by atoms with Gasteiger partial charge in [0, 0.05) is 27.7 Å². The van der Waals surface area contributed by atoms with Crippen LogP contribution in [0.1, 0.15) is 27.8 Å². The summed E-state index contributed by atoms with van der Waals surface area (Å²) >= 11 is 7.34. The molecule has 2 aromatic heterocycles. The van der Waals surface area contributed by atoms with Crippen LogP contribution in [0, 0.1) is 5.82 Å². The second-order valence-corrected chi connectivity index (χ2v) is 7.44. The first-order chi connectivity index (χ1) is 14.1. The Labute approximate surface area is 175 Å². The number of halogens is 2. The molecule has 29 heavy (non-hydrogen) atoms. The van der Waals surface area contributed by atoms with Gasteiger partial charge < -0.3 is 4.74 Å². The number of thiazole rings is 1. The smallest absolute Gasteiger partial charge is 0.358 e. The maximum atomic E-state index is 13.7. The number of nitrogens with zero attached hydrogens (tertiary/aromatic N) is 2. The minimum Gasteiger partial charge on any atom is -0.446 e. The van der Waals surface area contributed by atoms with Crippen LogP contribution in [0.15, 0.2) is 78.3 Å². The van der Waals surface area contributed by atoms with Crippen molar-refractivity contribution in [2.45, 2.75) is 6.10 Å². The fourth-order valence-corrected chi connectivity index (χ4v) is 3.77. The lowest BCUT2D eigenvalue weighted by molar-refractivity contribution is 0.0364. The van der Waals surface area contributed by atoms with Crippen molar-refractivity contribution in [1.29, 1.82) is 0 Å². The highest BCUT2D eigenvalue weighted by Gasteiger charge is 2.23. The lowest BCUT2D eigenvalue weighted by Gasteiger charge is -2.17. The van der Waals surface area contributed by atoms with E-state index in [0.29, 0.717) is 21.3 Å². The zero-order chi connectivity index (χ0) is 20.2. The molecule has 0 aliphatic rings. The van der Waals surface area contributed by atoms with E-state index in [9.17, 15) is 9.18 Å². The maximum absolute atomic E-state index is 13.7. The highest BCUT2D eigenvalue weighted by Crippen LogP contribution is 2.29. The van der Waals surface area contributed by atoms with Crippen LogP contribution in [-0.4, -0.2) is 15.9 Å². The number of ether oxygens (including phenoxy) is 1. The van der Waals surface area contributed by atoms with Crippen molar-refractivity contribution in [3.05, 3.63) is 106 Å². The van der Waals surface area contributed by atoms with E-state index in [2.05, 4.69) is 9.97 Å². The Kier molecular flexibility index (Phi) is 5.64. The zero-order valence-corrected chi connectivity index (χ0v) is 16.5. The lowest BCUT2D eigenvalue weighted by atomic mass is 10.1. The van der Waals surface area contributed by atoms with Gasteiger partial charge in [-0.25, -0.2) is 14.2 Å². The van der Waals surface area contributed by atoms with Crippen molar-refractivity contribution < 1.29 is 13.9 Å². The SMILES string of the molecule is O=C(OC(c1cccc(F)c1)c1ccccn1)c1csc(-c2cccc(Cl)c2)n1. The maximum Gasteiger partial charge on any atom is 0.358 e. The Bertz CT molecular complexity index is 1150. The first-order valence-corrected chi connectivity index (χ1v) is 9.95. The minimum absolute atomic E-state index is 0.169. The van der Waals surface area contributed by atoms with Crippen molar-refractivity contribution in [2.24, 2.45) is 0 Å². The minimum atomic E-state index is -0.851. The summed E-state index contributed by atoms with van der Waals surface area (Å²) in [7, 11) is 0. The molecule has 1 unspecified atom stereocenters. The molecular formula is C22H14ClFN2O2S. The first-order valence-electron chi connectivity index (χ1n) is 8.69. The molecule has 0 saturated heterocycles. The van der Waals surface area contributed by atoms with E-state index in [0.717, 1.165) is 5.56 Å². The Morgan fingerprint density at radius 2 is 1.93 bits per heavy atom. The topological polar surface area (TPSA) is 52.1 Å². The van der Waals surface area contributed by atoms with Crippen molar-refractivity contribution >= 4 is 28.9 Å². The Hall–Kier alpha value is -3.09. The van der Waals surface area contributed by atoms with Gasteiger partial charge in [0.1, 0.15) is 10.8 Å². The van der Waals surface area contributed by atoms with Crippen LogP contribution >= 0.6 is 22.9 Å². The van der Waals surface area contributed by atoms with Crippen molar-refractivity contribution in [3.8, 4) is 10.6 Å². The average Bonchev–Trinajstić information content (AvgIpc) is 3.23. The van der Waals surface area contributed by atoms with Gasteiger partial charge in [0.15, 0.2) is 11.8 Å². The molecule has 0 aliphatic heterocycles. The molecule has 4 nitrogen and oxygen atoms in total. The average molecular weight is 425 g/mol. The second kappa shape index (κ2) is 8.51. The monoisotopic (exact) mass is 424 g/mol. The molecule has 0 spiro atoms. The number of benzene rings is 2. The van der Waals surface area contributed by atoms with Gasteiger partial charge in [-0.15, -0.1) is 11.3 Å². The Morgan fingerprint density at radius 3 is 2.69 bits per heavy atom. The standard InChI is InChI=1S/C22H14ClFN2O2S/c23-16-7-3-6-15(11-16)21-26-19(13-29-21)22(27)28-20(18-9-1-2-10-25-18)14-5-4-8-17(24)12-14/h1-13,20H. The summed E-state index contributed by atoms with van der Waals surface area (Å²) < 4.78 is 19.4. The second-order valence-electron chi connectivity index (χ2n) is 6.14. The number of carbonyl (C=O) groups excluding carboxylic acids is 1. The van der Waals surface area contributed by atoms with Gasteiger partial charge in [-0.2, -0.15) is 0 Å². The molecule has 4 rings (SSSR count). The number of rotatable bonds is 5. The summed E-state index contributed by atoms with van der Waals surface area (Å²) in [4.78, 5) is 21.4. The molecule has 0 fully saturated rings. The van der Waals surface area contributed by atoms with Crippen LogP contribution < -0.4 is 0 Å². The third-order valence-electron chi connectivity index (χ3n) is 4.12. The van der Waals surface area contributed by atoms with E-state index < -0.39 is 17.9 Å². The van der Waals surface area contributed by atoms with E-state index in [1.165, 1.54) is 23.5 Å². The number of hydrogen-bond donors (Lipinski definition) is 0. The van der Waals surface area contributed by atoms with Gasteiger partial charge in [-0.05, 0) is 36.4 Å². The highest BCUT2D eigenvalue weighted by atomic mass is 35.5. The molecule has 2 heterocycles. The largest absolute Gasteiger partial charge is 0.446 e. The molecule has 0 radical (unpaired) electrons. The van der Waals surface area contributed by atoms with Gasteiger partial charge in [-0.1, -0.05) is 41.9 Å². The van der Waals surface area contributed by atoms with E-state index in [1.807, 2.05) is 12.1 Å². The van der Waals surface area contributed by atoms with Crippen molar-refractivity contribution in [1.82, 2.24) is 9.97 Å². The van der Waals surface area contributed by atoms with E-state index in [1.54, 1.807) is 54.0 Å². The zero-order valence-electron chi connectivity index (χ0n) is 15.0. The normalized spacial score (nSPS) is 11.8. The summed E-state index contributed by atoms with van der Waals surface area (Å²) in [6, 6.07) is 18.4. The Balaban J connectivity index is 1.62. The van der Waals surface area contributed by atoms with Crippen LogP contribution in [-0.2, 0) is 4.74 Å². The van der Waals surface area contributed by atoms with E-state index >= 15 is 0 Å². The lowest BCUT2D eigenvalue weighted by Crippen LogP contribution is -2.14. The first kappa shape index (κ1) is 19.2. The molecule has 1 atom stereocenters. The number of aromatic nitrogens is 2. The van der Waals surface area contributed by atoms with E-state index in [4.69, 9.17) is 16.3 Å². The molecule has 0 saturated carbocycles. The third kappa shape index (κ3) is 4.50. The van der Waals surface area contributed by atoms with E-state index in [-0.39, 0.29) is 5.69 Å². The van der Waals surface area contributed by atoms with Gasteiger partial charge in [0.25, 0.3) is 0 Å². The molecule has 144 valence electrons. The van der Waals surface area contributed by atoms with Crippen LogP contribution in [0.25, 0.3) is 10.6 Å². The summed E-state index contributed by atoms with van der Waals surface area (Å²) in [6.07, 6.45) is 0.742. The summed E-state index contributed by atoms with van der Waals surface area (Å²) in [5.41, 5.74) is 1.97. The molecule has 4 aromatic rings. The fraction of sp³-hybridized carbons (Fsp3) is 0.0455. The van der Waals surface area contributed by atoms with Gasteiger partial charge >= 0.3 is 5.97 Å². The molecule has 0 aliphatic carbocycles. The molecule has 2 aromatic carbocycles. The van der Waals surface area contributed by atoms with Crippen LogP contribution in [0.4, 0.5) is 4.39 Å².